The number of ether oxygens (including phenoxy) is 1. The highest BCUT2D eigenvalue weighted by atomic mass is 19.2. The van der Waals surface area contributed by atoms with Crippen molar-refractivity contribution >= 4 is 12.0 Å². The molecule has 1 N–H and O–H groups in total. The van der Waals surface area contributed by atoms with Gasteiger partial charge in [0, 0.05) is 37.9 Å². The number of carbonyl (C=O) groups is 2. The van der Waals surface area contributed by atoms with Crippen molar-refractivity contribution in [2.45, 2.75) is 58.3 Å². The zero-order valence-electron chi connectivity index (χ0n) is 17.3. The van der Waals surface area contributed by atoms with Gasteiger partial charge in [-0.2, -0.15) is 0 Å². The standard InChI is InChI=1S/C21H26F2N4O3/c1-21(2,3)30-20(29)25-15(10-14-4-5-16(22)17(23)11-14)12-19(28)27-9-8-26-7-6-24-18(26)13-27/h4-7,11,15H,8-10,12-13H2,1-3H3,(H,25,29). The second-order valence-electron chi connectivity index (χ2n) is 8.35. The van der Waals surface area contributed by atoms with Crippen molar-refractivity contribution in [3.63, 3.8) is 0 Å². The molecule has 0 saturated carbocycles. The first kappa shape index (κ1) is 21.7. The van der Waals surface area contributed by atoms with Crippen molar-refractivity contribution in [3.05, 3.63) is 53.6 Å². The molecule has 0 aliphatic carbocycles. The minimum atomic E-state index is -0.974. The molecule has 2 aromatic rings. The van der Waals surface area contributed by atoms with E-state index in [1.165, 1.54) is 6.07 Å². The SMILES string of the molecule is CC(C)(C)OC(=O)NC(CC(=O)N1CCn2ccnc2C1)Cc1ccc(F)c(F)c1. The van der Waals surface area contributed by atoms with E-state index >= 15 is 0 Å². The topological polar surface area (TPSA) is 76.5 Å². The smallest absolute Gasteiger partial charge is 0.407 e. The summed E-state index contributed by atoms with van der Waals surface area (Å²) in [6.07, 6.45) is 3.05. The summed E-state index contributed by atoms with van der Waals surface area (Å²) in [6.45, 7) is 6.77. The van der Waals surface area contributed by atoms with Gasteiger partial charge in [0.05, 0.1) is 6.54 Å². The number of aromatic nitrogens is 2. The molecule has 1 aliphatic rings. The van der Waals surface area contributed by atoms with Crippen LogP contribution in [0, 0.1) is 11.6 Å². The lowest BCUT2D eigenvalue weighted by atomic mass is 10.0. The van der Waals surface area contributed by atoms with Gasteiger partial charge in [-0.3, -0.25) is 4.79 Å². The molecule has 1 atom stereocenters. The average Bonchev–Trinajstić information content (AvgIpc) is 3.10. The largest absolute Gasteiger partial charge is 0.444 e. The van der Waals surface area contributed by atoms with Crippen LogP contribution >= 0.6 is 0 Å². The number of fused-ring (bicyclic) bond motifs is 1. The van der Waals surface area contributed by atoms with Gasteiger partial charge in [0.1, 0.15) is 11.4 Å². The Hall–Kier alpha value is -2.97. The van der Waals surface area contributed by atoms with Gasteiger partial charge in [0.15, 0.2) is 11.6 Å². The van der Waals surface area contributed by atoms with E-state index < -0.39 is 29.4 Å². The molecule has 162 valence electrons. The Morgan fingerprint density at radius 2 is 2.00 bits per heavy atom. The summed E-state index contributed by atoms with van der Waals surface area (Å²) in [6, 6.07) is 2.89. The van der Waals surface area contributed by atoms with E-state index in [2.05, 4.69) is 10.3 Å². The van der Waals surface area contributed by atoms with Gasteiger partial charge < -0.3 is 19.5 Å². The van der Waals surface area contributed by atoms with Crippen LogP contribution in [0.1, 0.15) is 38.6 Å². The fraction of sp³-hybridized carbons (Fsp3) is 0.476. The van der Waals surface area contributed by atoms with Crippen molar-refractivity contribution in [2.24, 2.45) is 0 Å². The predicted octanol–water partition coefficient (Wildman–Crippen LogP) is 3.03. The van der Waals surface area contributed by atoms with Gasteiger partial charge in [-0.15, -0.1) is 0 Å². The maximum atomic E-state index is 13.6. The average molecular weight is 420 g/mol. The second kappa shape index (κ2) is 8.81. The van der Waals surface area contributed by atoms with Gasteiger partial charge in [0.2, 0.25) is 5.91 Å². The monoisotopic (exact) mass is 420 g/mol. The van der Waals surface area contributed by atoms with Crippen LogP contribution in [0.15, 0.2) is 30.6 Å². The third kappa shape index (κ3) is 5.77. The first-order valence-electron chi connectivity index (χ1n) is 9.82. The summed E-state index contributed by atoms with van der Waals surface area (Å²) < 4.78 is 34.1. The van der Waals surface area contributed by atoms with E-state index in [4.69, 9.17) is 4.74 Å². The highest BCUT2D eigenvalue weighted by Crippen LogP contribution is 2.16. The molecule has 1 aromatic heterocycles. The van der Waals surface area contributed by atoms with Crippen molar-refractivity contribution < 1.29 is 23.1 Å². The Bertz CT molecular complexity index is 923. The Kier molecular flexibility index (Phi) is 6.38. The van der Waals surface area contributed by atoms with Crippen LogP contribution in [-0.4, -0.2) is 44.6 Å². The lowest BCUT2D eigenvalue weighted by Gasteiger charge is -2.30. The zero-order valence-corrected chi connectivity index (χ0v) is 17.3. The highest BCUT2D eigenvalue weighted by Gasteiger charge is 2.26. The Morgan fingerprint density at radius 3 is 2.70 bits per heavy atom. The van der Waals surface area contributed by atoms with Crippen molar-refractivity contribution in [3.8, 4) is 0 Å². The third-order valence-corrected chi connectivity index (χ3v) is 4.71. The maximum absolute atomic E-state index is 13.6. The number of hydrogen-bond donors (Lipinski definition) is 1. The predicted molar refractivity (Wildman–Crippen MR) is 105 cm³/mol. The molecular weight excluding hydrogens is 394 g/mol. The molecule has 2 heterocycles. The summed E-state index contributed by atoms with van der Waals surface area (Å²) in [5.74, 6) is -1.28. The van der Waals surface area contributed by atoms with Gasteiger partial charge in [0.25, 0.3) is 0 Å². The molecule has 0 fully saturated rings. The van der Waals surface area contributed by atoms with Crippen LogP contribution in [0.3, 0.4) is 0 Å². The number of amides is 2. The van der Waals surface area contributed by atoms with E-state index in [-0.39, 0.29) is 18.7 Å². The molecule has 9 heteroatoms. The minimum absolute atomic E-state index is 0.00104. The summed E-state index contributed by atoms with van der Waals surface area (Å²) in [4.78, 5) is 31.1. The zero-order chi connectivity index (χ0) is 21.9. The number of hydrogen-bond acceptors (Lipinski definition) is 4. The fourth-order valence-electron chi connectivity index (χ4n) is 3.33. The Morgan fingerprint density at radius 1 is 1.23 bits per heavy atom. The molecule has 1 aromatic carbocycles. The molecule has 0 radical (unpaired) electrons. The maximum Gasteiger partial charge on any atom is 0.407 e. The van der Waals surface area contributed by atoms with Crippen LogP contribution in [0.25, 0.3) is 0 Å². The van der Waals surface area contributed by atoms with E-state index in [1.54, 1.807) is 31.9 Å². The number of imidazole rings is 1. The molecule has 2 amide bonds. The second-order valence-corrected chi connectivity index (χ2v) is 8.35. The number of nitrogens with one attached hydrogen (secondary N) is 1. The van der Waals surface area contributed by atoms with E-state index in [0.717, 1.165) is 18.0 Å². The number of nitrogens with zero attached hydrogens (tertiary/aromatic N) is 3. The summed E-state index contributed by atoms with van der Waals surface area (Å²) in [5.41, 5.74) is -0.234. The summed E-state index contributed by atoms with van der Waals surface area (Å²) in [5, 5.41) is 2.69. The number of carbonyl (C=O) groups excluding carboxylic acids is 2. The molecular formula is C21H26F2N4O3. The molecule has 0 saturated heterocycles. The first-order chi connectivity index (χ1) is 14.1. The molecule has 0 spiro atoms. The van der Waals surface area contributed by atoms with Crippen LogP contribution in [0.2, 0.25) is 0 Å². The number of benzene rings is 1. The van der Waals surface area contributed by atoms with Crippen LogP contribution in [-0.2, 0) is 29.0 Å². The molecule has 0 bridgehead atoms. The molecule has 1 aliphatic heterocycles. The number of rotatable bonds is 5. The summed E-state index contributed by atoms with van der Waals surface area (Å²) >= 11 is 0. The highest BCUT2D eigenvalue weighted by molar-refractivity contribution is 5.78. The fourth-order valence-corrected chi connectivity index (χ4v) is 3.33. The molecule has 7 nitrogen and oxygen atoms in total. The lowest BCUT2D eigenvalue weighted by molar-refractivity contribution is -0.133. The third-order valence-electron chi connectivity index (χ3n) is 4.71. The summed E-state index contributed by atoms with van der Waals surface area (Å²) in [7, 11) is 0. The number of alkyl carbamates (subject to hydrolysis) is 1. The van der Waals surface area contributed by atoms with E-state index in [1.807, 2.05) is 10.8 Å². The van der Waals surface area contributed by atoms with Gasteiger partial charge in [-0.05, 0) is 44.9 Å². The van der Waals surface area contributed by atoms with Crippen molar-refractivity contribution in [1.82, 2.24) is 19.8 Å². The van der Waals surface area contributed by atoms with Gasteiger partial charge in [-0.25, -0.2) is 18.6 Å². The van der Waals surface area contributed by atoms with E-state index in [0.29, 0.717) is 25.2 Å². The van der Waals surface area contributed by atoms with Gasteiger partial charge in [-0.1, -0.05) is 6.07 Å². The van der Waals surface area contributed by atoms with Gasteiger partial charge >= 0.3 is 6.09 Å². The van der Waals surface area contributed by atoms with Crippen molar-refractivity contribution in [2.75, 3.05) is 6.54 Å². The Labute approximate surface area is 174 Å². The normalized spacial score (nSPS) is 14.8. The van der Waals surface area contributed by atoms with Crippen LogP contribution < -0.4 is 5.32 Å². The minimum Gasteiger partial charge on any atom is -0.444 e. The number of halogens is 2. The van der Waals surface area contributed by atoms with Crippen molar-refractivity contribution in [1.29, 1.82) is 0 Å². The van der Waals surface area contributed by atoms with Crippen LogP contribution in [0.4, 0.5) is 13.6 Å². The first-order valence-corrected chi connectivity index (χ1v) is 9.82. The van der Waals surface area contributed by atoms with Crippen LogP contribution in [0.5, 0.6) is 0 Å². The van der Waals surface area contributed by atoms with E-state index in [9.17, 15) is 18.4 Å². The molecule has 3 rings (SSSR count). The lowest BCUT2D eigenvalue weighted by Crippen LogP contribution is -2.45. The quantitative estimate of drug-likeness (QED) is 0.807. The Balaban J connectivity index is 1.70. The molecule has 1 unspecified atom stereocenters. The molecule has 30 heavy (non-hydrogen) atoms.